The molecule has 0 radical (unpaired) electrons. The first-order valence-corrected chi connectivity index (χ1v) is 9.38. The maximum atomic E-state index is 12.8. The van der Waals surface area contributed by atoms with Crippen molar-refractivity contribution < 1.29 is 4.79 Å². The van der Waals surface area contributed by atoms with Gasteiger partial charge in [-0.25, -0.2) is 20.2 Å². The maximum absolute atomic E-state index is 12.8. The number of thiazole rings is 1. The Bertz CT molecular complexity index is 1210. The van der Waals surface area contributed by atoms with E-state index < -0.39 is 6.03 Å². The van der Waals surface area contributed by atoms with Crippen LogP contribution in [0.5, 0.6) is 0 Å². The molecular formula is C17H12N6O2S2. The summed E-state index contributed by atoms with van der Waals surface area (Å²) in [4.78, 5) is 32.8. The molecule has 2 amide bonds. The van der Waals surface area contributed by atoms with Crippen molar-refractivity contribution in [3.05, 3.63) is 64.6 Å². The number of carbonyl (C=O) groups is 1. The molecule has 134 valence electrons. The summed E-state index contributed by atoms with van der Waals surface area (Å²) in [7, 11) is 0. The van der Waals surface area contributed by atoms with E-state index in [-0.39, 0.29) is 11.1 Å². The van der Waals surface area contributed by atoms with Gasteiger partial charge < -0.3 is 5.73 Å². The molecule has 4 rings (SSSR count). The monoisotopic (exact) mass is 396 g/mol. The number of nitrogens with one attached hydrogen (secondary N) is 1. The number of hydrogen-bond acceptors (Lipinski definition) is 7. The number of urea groups is 1. The normalized spacial score (nSPS) is 11.4. The molecule has 0 aliphatic carbocycles. The lowest BCUT2D eigenvalue weighted by molar-refractivity contribution is 0.249. The number of hydrogen-bond donors (Lipinski definition) is 2. The van der Waals surface area contributed by atoms with Crippen LogP contribution in [0.25, 0.3) is 15.9 Å². The van der Waals surface area contributed by atoms with E-state index in [0.717, 1.165) is 14.6 Å². The van der Waals surface area contributed by atoms with Gasteiger partial charge in [0.25, 0.3) is 5.56 Å². The van der Waals surface area contributed by atoms with E-state index in [1.165, 1.54) is 33.7 Å². The van der Waals surface area contributed by atoms with E-state index in [9.17, 15) is 9.59 Å². The summed E-state index contributed by atoms with van der Waals surface area (Å²) in [6.45, 7) is 0. The van der Waals surface area contributed by atoms with Crippen LogP contribution in [0, 0.1) is 0 Å². The van der Waals surface area contributed by atoms with E-state index in [0.29, 0.717) is 10.7 Å². The minimum absolute atomic E-state index is 0.233. The second kappa shape index (κ2) is 7.17. The van der Waals surface area contributed by atoms with Crippen molar-refractivity contribution in [2.45, 2.75) is 9.37 Å². The van der Waals surface area contributed by atoms with Crippen molar-refractivity contribution >= 4 is 51.2 Å². The highest BCUT2D eigenvalue weighted by Crippen LogP contribution is 2.34. The smallest absolute Gasteiger partial charge is 0.332 e. The average Bonchev–Trinajstić information content (AvgIpc) is 3.06. The molecule has 0 aliphatic rings. The maximum Gasteiger partial charge on any atom is 0.332 e. The molecular weight excluding hydrogens is 384 g/mol. The van der Waals surface area contributed by atoms with Gasteiger partial charge in [0.15, 0.2) is 4.34 Å². The van der Waals surface area contributed by atoms with Crippen LogP contribution >= 0.6 is 23.1 Å². The van der Waals surface area contributed by atoms with E-state index in [1.807, 2.05) is 24.3 Å². The molecule has 0 aliphatic heterocycles. The Hall–Kier alpha value is -3.24. The fourth-order valence-corrected chi connectivity index (χ4v) is 4.48. The first-order chi connectivity index (χ1) is 13.1. The number of para-hydroxylation sites is 1. The van der Waals surface area contributed by atoms with Crippen molar-refractivity contribution in [3.63, 3.8) is 0 Å². The summed E-state index contributed by atoms with van der Waals surface area (Å²) in [6.07, 6.45) is 2.87. The number of pyridine rings is 1. The van der Waals surface area contributed by atoms with Gasteiger partial charge in [-0.15, -0.1) is 11.3 Å². The third-order valence-corrected chi connectivity index (χ3v) is 5.66. The Kier molecular flexibility index (Phi) is 4.57. The molecule has 0 atom stereocenters. The lowest BCUT2D eigenvalue weighted by Crippen LogP contribution is -2.26. The topological polar surface area (TPSA) is 115 Å². The molecule has 1 aromatic carbocycles. The van der Waals surface area contributed by atoms with Gasteiger partial charge in [0.05, 0.1) is 22.0 Å². The number of fused-ring (bicyclic) bond motifs is 2. The van der Waals surface area contributed by atoms with E-state index in [2.05, 4.69) is 20.5 Å². The first-order valence-electron chi connectivity index (χ1n) is 7.75. The highest BCUT2D eigenvalue weighted by molar-refractivity contribution is 8.01. The second-order valence-electron chi connectivity index (χ2n) is 5.35. The zero-order valence-corrected chi connectivity index (χ0v) is 15.3. The van der Waals surface area contributed by atoms with E-state index in [1.54, 1.807) is 24.4 Å². The molecule has 0 saturated heterocycles. The quantitative estimate of drug-likeness (QED) is 0.312. The molecule has 4 aromatic rings. The average molecular weight is 396 g/mol. The number of aromatic nitrogens is 3. The number of rotatable bonds is 4. The predicted molar refractivity (Wildman–Crippen MR) is 106 cm³/mol. The fraction of sp³-hybridized carbons (Fsp3) is 0. The fourth-order valence-electron chi connectivity index (χ4n) is 2.41. The van der Waals surface area contributed by atoms with Crippen molar-refractivity contribution in [1.29, 1.82) is 0 Å². The number of nitrogens with zero attached hydrogens (tertiary/aromatic N) is 4. The first kappa shape index (κ1) is 17.2. The van der Waals surface area contributed by atoms with Crippen molar-refractivity contribution in [3.8, 4) is 0 Å². The van der Waals surface area contributed by atoms with E-state index in [4.69, 9.17) is 5.73 Å². The minimum atomic E-state index is -0.819. The minimum Gasteiger partial charge on any atom is -0.350 e. The van der Waals surface area contributed by atoms with Gasteiger partial charge in [-0.3, -0.25) is 9.20 Å². The Morgan fingerprint density at radius 1 is 1.22 bits per heavy atom. The summed E-state index contributed by atoms with van der Waals surface area (Å²) >= 11 is 2.79. The molecule has 0 bridgehead atoms. The zero-order valence-electron chi connectivity index (χ0n) is 13.7. The van der Waals surface area contributed by atoms with Crippen molar-refractivity contribution in [2.75, 3.05) is 0 Å². The van der Waals surface area contributed by atoms with Gasteiger partial charge in [-0.05, 0) is 36.0 Å². The van der Waals surface area contributed by atoms with Crippen molar-refractivity contribution in [2.24, 2.45) is 10.8 Å². The molecule has 0 saturated carbocycles. The largest absolute Gasteiger partial charge is 0.350 e. The SMILES string of the molecule is NC(=O)N/N=C\c1c(Sc2nc3ccccc3s2)nc2ccccn2c1=O. The highest BCUT2D eigenvalue weighted by atomic mass is 32.2. The third-order valence-electron chi connectivity index (χ3n) is 3.56. The Balaban J connectivity index is 1.82. The Labute approximate surface area is 160 Å². The van der Waals surface area contributed by atoms with Gasteiger partial charge in [0.1, 0.15) is 10.7 Å². The molecule has 0 fully saturated rings. The summed E-state index contributed by atoms with van der Waals surface area (Å²) in [6, 6.07) is 12.2. The second-order valence-corrected chi connectivity index (χ2v) is 7.62. The number of amides is 2. The third kappa shape index (κ3) is 3.52. The van der Waals surface area contributed by atoms with Gasteiger partial charge in [0.2, 0.25) is 0 Å². The lowest BCUT2D eigenvalue weighted by Gasteiger charge is -2.06. The van der Waals surface area contributed by atoms with Gasteiger partial charge in [0, 0.05) is 6.20 Å². The van der Waals surface area contributed by atoms with Crippen LogP contribution in [0.3, 0.4) is 0 Å². The van der Waals surface area contributed by atoms with Gasteiger partial charge in [-0.2, -0.15) is 5.10 Å². The molecule has 27 heavy (non-hydrogen) atoms. The molecule has 8 nitrogen and oxygen atoms in total. The Morgan fingerprint density at radius 2 is 2.04 bits per heavy atom. The number of nitrogens with two attached hydrogens (primary N) is 1. The lowest BCUT2D eigenvalue weighted by atomic mass is 10.3. The standard InChI is InChI=1S/C17H12N6O2S2/c18-16(25)22-19-9-10-14(21-13-7-3-4-8-23(13)15(10)24)27-17-20-11-5-1-2-6-12(11)26-17/h1-9H,(H3,18,22,25)/b19-9-. The number of benzene rings is 1. The number of hydrazone groups is 1. The molecule has 3 heterocycles. The van der Waals surface area contributed by atoms with Crippen LogP contribution in [0.2, 0.25) is 0 Å². The summed E-state index contributed by atoms with van der Waals surface area (Å²) in [5.74, 6) is 0. The zero-order chi connectivity index (χ0) is 18.8. The van der Waals surface area contributed by atoms with Gasteiger partial charge >= 0.3 is 6.03 Å². The summed E-state index contributed by atoms with van der Waals surface area (Å²) in [5, 5.41) is 4.17. The van der Waals surface area contributed by atoms with Crippen LogP contribution in [-0.2, 0) is 0 Å². The van der Waals surface area contributed by atoms with Crippen molar-refractivity contribution in [1.82, 2.24) is 19.8 Å². The predicted octanol–water partition coefficient (Wildman–Crippen LogP) is 2.46. The Morgan fingerprint density at radius 3 is 2.85 bits per heavy atom. The summed E-state index contributed by atoms with van der Waals surface area (Å²) in [5.41, 5.74) is 8.42. The van der Waals surface area contributed by atoms with Crippen LogP contribution in [0.4, 0.5) is 4.79 Å². The van der Waals surface area contributed by atoms with Gasteiger partial charge in [-0.1, -0.05) is 18.2 Å². The molecule has 0 unspecified atom stereocenters. The molecule has 3 aromatic heterocycles. The molecule has 3 N–H and O–H groups in total. The highest BCUT2D eigenvalue weighted by Gasteiger charge is 2.15. The molecule has 0 spiro atoms. The number of primary amides is 1. The number of carbonyl (C=O) groups excluding carboxylic acids is 1. The van der Waals surface area contributed by atoms with Crippen LogP contribution in [-0.4, -0.2) is 26.6 Å². The summed E-state index contributed by atoms with van der Waals surface area (Å²) < 4.78 is 3.21. The molecule has 10 heteroatoms. The van der Waals surface area contributed by atoms with Crippen LogP contribution < -0.4 is 16.7 Å². The van der Waals surface area contributed by atoms with Crippen LogP contribution in [0.15, 0.2) is 67.9 Å². The van der Waals surface area contributed by atoms with E-state index >= 15 is 0 Å². The van der Waals surface area contributed by atoms with Crippen LogP contribution in [0.1, 0.15) is 5.56 Å².